The Morgan fingerprint density at radius 1 is 1.33 bits per heavy atom. The van der Waals surface area contributed by atoms with Crippen molar-refractivity contribution in [3.05, 3.63) is 22.2 Å². The van der Waals surface area contributed by atoms with Crippen LogP contribution in [0.15, 0.2) is 12.1 Å². The summed E-state index contributed by atoms with van der Waals surface area (Å²) in [4.78, 5) is 11.5. The van der Waals surface area contributed by atoms with Gasteiger partial charge in [-0.2, -0.15) is 0 Å². The molecule has 0 aliphatic heterocycles. The molecule has 4 nitrogen and oxygen atoms in total. The van der Waals surface area contributed by atoms with Crippen LogP contribution in [-0.2, 0) is 4.79 Å². The van der Waals surface area contributed by atoms with Gasteiger partial charge in [0.15, 0.2) is 5.75 Å². The molecule has 102 valence electrons. The smallest absolute Gasteiger partial charge is 0.225 e. The molecule has 0 aliphatic rings. The predicted molar refractivity (Wildman–Crippen MR) is 77.4 cm³/mol. The zero-order valence-corrected chi connectivity index (χ0v) is 12.4. The van der Waals surface area contributed by atoms with E-state index >= 15 is 0 Å². The molecule has 0 saturated heterocycles. The lowest BCUT2D eigenvalue weighted by atomic mass is 10.3. The van der Waals surface area contributed by atoms with Crippen molar-refractivity contribution in [2.75, 3.05) is 26.0 Å². The molecule has 0 radical (unpaired) electrons. The van der Waals surface area contributed by atoms with Crippen LogP contribution in [0.5, 0.6) is 5.75 Å². The molecule has 0 fully saturated rings. The molecule has 1 aromatic rings. The highest BCUT2D eigenvalue weighted by Gasteiger charge is 2.10. The Morgan fingerprint density at radius 2 is 1.89 bits per heavy atom. The quantitative estimate of drug-likeness (QED) is 0.878. The summed E-state index contributed by atoms with van der Waals surface area (Å²) < 4.78 is 5.01. The highest BCUT2D eigenvalue weighted by Crippen LogP contribution is 2.35. The summed E-state index contributed by atoms with van der Waals surface area (Å²) in [6.45, 7) is 0.615. The summed E-state index contributed by atoms with van der Waals surface area (Å²) in [7, 11) is 3.27. The van der Waals surface area contributed by atoms with Crippen LogP contribution in [0, 0.1) is 0 Å². The van der Waals surface area contributed by atoms with Crippen LogP contribution >= 0.6 is 35.6 Å². The van der Waals surface area contributed by atoms with Gasteiger partial charge in [-0.15, -0.1) is 12.4 Å². The van der Waals surface area contributed by atoms with Crippen molar-refractivity contribution in [1.82, 2.24) is 5.32 Å². The number of hydrogen-bond donors (Lipinski definition) is 2. The minimum atomic E-state index is -0.100. The van der Waals surface area contributed by atoms with Gasteiger partial charge in [-0.1, -0.05) is 23.2 Å². The molecule has 0 aromatic heterocycles. The number of benzene rings is 1. The minimum absolute atomic E-state index is 0. The van der Waals surface area contributed by atoms with Crippen LogP contribution in [0.1, 0.15) is 6.42 Å². The second-order valence-electron chi connectivity index (χ2n) is 3.37. The van der Waals surface area contributed by atoms with E-state index in [1.807, 2.05) is 0 Å². The van der Waals surface area contributed by atoms with E-state index in [4.69, 9.17) is 27.9 Å². The van der Waals surface area contributed by atoms with Gasteiger partial charge >= 0.3 is 0 Å². The number of nitrogens with one attached hydrogen (secondary N) is 2. The highest BCUT2D eigenvalue weighted by atomic mass is 35.5. The maximum absolute atomic E-state index is 11.5. The minimum Gasteiger partial charge on any atom is -0.494 e. The first-order valence-corrected chi connectivity index (χ1v) is 5.81. The van der Waals surface area contributed by atoms with E-state index in [0.29, 0.717) is 34.4 Å². The number of rotatable bonds is 5. The van der Waals surface area contributed by atoms with Crippen LogP contribution < -0.4 is 15.4 Å². The van der Waals surface area contributed by atoms with Crippen molar-refractivity contribution >= 4 is 47.2 Å². The van der Waals surface area contributed by atoms with Gasteiger partial charge in [-0.3, -0.25) is 4.79 Å². The number of anilines is 1. The van der Waals surface area contributed by atoms with E-state index in [9.17, 15) is 4.79 Å². The second-order valence-corrected chi connectivity index (χ2v) is 4.19. The Labute approximate surface area is 122 Å². The molecule has 1 aromatic carbocycles. The molecule has 1 amide bonds. The monoisotopic (exact) mass is 312 g/mol. The van der Waals surface area contributed by atoms with Crippen LogP contribution in [0.2, 0.25) is 10.0 Å². The number of carbonyl (C=O) groups excluding carboxylic acids is 1. The maximum atomic E-state index is 11.5. The number of ether oxygens (including phenoxy) is 1. The highest BCUT2D eigenvalue weighted by molar-refractivity contribution is 6.37. The van der Waals surface area contributed by atoms with Crippen molar-refractivity contribution in [2.24, 2.45) is 0 Å². The molecule has 0 aliphatic carbocycles. The average molecular weight is 314 g/mol. The van der Waals surface area contributed by atoms with Crippen molar-refractivity contribution in [3.8, 4) is 5.75 Å². The summed E-state index contributed by atoms with van der Waals surface area (Å²) in [6, 6.07) is 3.20. The van der Waals surface area contributed by atoms with E-state index < -0.39 is 0 Å². The van der Waals surface area contributed by atoms with Crippen LogP contribution in [0.25, 0.3) is 0 Å². The van der Waals surface area contributed by atoms with Gasteiger partial charge in [0.2, 0.25) is 5.91 Å². The van der Waals surface area contributed by atoms with Gasteiger partial charge in [0, 0.05) is 18.7 Å². The van der Waals surface area contributed by atoms with Gasteiger partial charge in [-0.25, -0.2) is 0 Å². The molecule has 7 heteroatoms. The third-order valence-electron chi connectivity index (χ3n) is 2.09. The molecule has 0 heterocycles. The van der Waals surface area contributed by atoms with Crippen LogP contribution in [0.4, 0.5) is 5.69 Å². The second kappa shape index (κ2) is 8.43. The first kappa shape index (κ1) is 17.3. The topological polar surface area (TPSA) is 50.4 Å². The van der Waals surface area contributed by atoms with Crippen LogP contribution in [0.3, 0.4) is 0 Å². The summed E-state index contributed by atoms with van der Waals surface area (Å²) in [6.07, 6.45) is 0.387. The van der Waals surface area contributed by atoms with Crippen molar-refractivity contribution in [1.29, 1.82) is 0 Å². The molecule has 1 rings (SSSR count). The molecule has 0 atom stereocenters. The van der Waals surface area contributed by atoms with Crippen molar-refractivity contribution < 1.29 is 9.53 Å². The lowest BCUT2D eigenvalue weighted by Crippen LogP contribution is -2.18. The predicted octanol–water partition coefficient (Wildman–Crippen LogP) is 2.97. The Hall–Kier alpha value is -0.680. The normalized spacial score (nSPS) is 9.56. The summed E-state index contributed by atoms with van der Waals surface area (Å²) in [5.41, 5.74) is 0.557. The van der Waals surface area contributed by atoms with Gasteiger partial charge in [0.05, 0.1) is 17.2 Å². The van der Waals surface area contributed by atoms with E-state index in [1.165, 1.54) is 7.11 Å². The fraction of sp³-hybridized carbons (Fsp3) is 0.364. The van der Waals surface area contributed by atoms with Gasteiger partial charge < -0.3 is 15.4 Å². The van der Waals surface area contributed by atoms with Gasteiger partial charge in [0.25, 0.3) is 0 Å². The molecule has 0 bridgehead atoms. The Balaban J connectivity index is 0.00000289. The number of halogens is 3. The molecule has 0 unspecified atom stereocenters. The van der Waals surface area contributed by atoms with E-state index in [-0.39, 0.29) is 18.3 Å². The molecular formula is C11H15Cl3N2O2. The molecule has 0 spiro atoms. The fourth-order valence-electron chi connectivity index (χ4n) is 1.29. The van der Waals surface area contributed by atoms with E-state index in [0.717, 1.165) is 0 Å². The summed E-state index contributed by atoms with van der Waals surface area (Å²) in [5, 5.41) is 6.33. The van der Waals surface area contributed by atoms with Crippen molar-refractivity contribution in [3.63, 3.8) is 0 Å². The number of methoxy groups -OCH3 is 1. The first-order chi connectivity index (χ1) is 8.08. The fourth-order valence-corrected chi connectivity index (χ4v) is 1.93. The number of hydrogen-bond acceptors (Lipinski definition) is 3. The maximum Gasteiger partial charge on any atom is 0.225 e. The molecule has 18 heavy (non-hydrogen) atoms. The Bertz CT molecular complexity index is 390. The molecular weight excluding hydrogens is 298 g/mol. The SMILES string of the molecule is CNCCC(=O)Nc1cc(Cl)c(OC)c(Cl)c1.Cl. The van der Waals surface area contributed by atoms with Crippen LogP contribution in [-0.4, -0.2) is 26.6 Å². The lowest BCUT2D eigenvalue weighted by Gasteiger charge is -2.10. The Kier molecular flexibility index (Phi) is 8.11. The third kappa shape index (κ3) is 4.90. The third-order valence-corrected chi connectivity index (χ3v) is 2.65. The standard InChI is InChI=1S/C11H14Cl2N2O2.ClH/c1-14-4-3-10(16)15-7-5-8(12)11(17-2)9(13)6-7;/h5-6,14H,3-4H2,1-2H3,(H,15,16);1H. The Morgan fingerprint density at radius 3 is 2.33 bits per heavy atom. The zero-order valence-electron chi connectivity index (χ0n) is 10.0. The van der Waals surface area contributed by atoms with Gasteiger partial charge in [0.1, 0.15) is 0 Å². The van der Waals surface area contributed by atoms with Crippen molar-refractivity contribution in [2.45, 2.75) is 6.42 Å². The molecule has 0 saturated carbocycles. The first-order valence-electron chi connectivity index (χ1n) is 5.06. The van der Waals surface area contributed by atoms with Gasteiger partial charge in [-0.05, 0) is 19.2 Å². The zero-order chi connectivity index (χ0) is 12.8. The summed E-state index contributed by atoms with van der Waals surface area (Å²) in [5.74, 6) is 0.304. The van der Waals surface area contributed by atoms with E-state index in [1.54, 1.807) is 19.2 Å². The molecule has 2 N–H and O–H groups in total. The largest absolute Gasteiger partial charge is 0.494 e. The number of amides is 1. The summed E-state index contributed by atoms with van der Waals surface area (Å²) >= 11 is 11.9. The van der Waals surface area contributed by atoms with E-state index in [2.05, 4.69) is 10.6 Å². The number of carbonyl (C=O) groups is 1. The average Bonchev–Trinajstić information content (AvgIpc) is 2.26. The lowest BCUT2D eigenvalue weighted by molar-refractivity contribution is -0.116.